The molecule has 156 valence electrons. The normalized spacial score (nSPS) is 15.1. The van der Waals surface area contributed by atoms with Gasteiger partial charge >= 0.3 is 0 Å². The van der Waals surface area contributed by atoms with Crippen LogP contribution < -0.4 is 15.6 Å². The van der Waals surface area contributed by atoms with Crippen molar-refractivity contribution in [3.8, 4) is 16.3 Å². The predicted molar refractivity (Wildman–Crippen MR) is 119 cm³/mol. The van der Waals surface area contributed by atoms with Gasteiger partial charge < -0.3 is 15.0 Å². The third-order valence-corrected chi connectivity index (χ3v) is 6.38. The maximum atomic E-state index is 12.7. The molecule has 0 bridgehead atoms. The Bertz CT molecular complexity index is 1040. The molecule has 2 aromatic heterocycles. The summed E-state index contributed by atoms with van der Waals surface area (Å²) in [5, 5.41) is 4.92. The smallest absolute Gasteiger partial charge is 0.261 e. The topological polar surface area (TPSA) is 74.4 Å². The van der Waals surface area contributed by atoms with Crippen molar-refractivity contribution in [1.82, 2.24) is 15.2 Å². The van der Waals surface area contributed by atoms with Crippen LogP contribution in [0.15, 0.2) is 58.7 Å². The van der Waals surface area contributed by atoms with Crippen LogP contribution in [-0.2, 0) is 0 Å². The fourth-order valence-corrected chi connectivity index (χ4v) is 4.56. The van der Waals surface area contributed by atoms with Gasteiger partial charge in [0.05, 0.1) is 23.7 Å². The first kappa shape index (κ1) is 20.4. The lowest BCUT2D eigenvalue weighted by molar-refractivity contribution is 0.0936. The van der Waals surface area contributed by atoms with Gasteiger partial charge in [0.15, 0.2) is 0 Å². The van der Waals surface area contributed by atoms with E-state index in [2.05, 4.69) is 15.2 Å². The van der Waals surface area contributed by atoms with Gasteiger partial charge in [0.2, 0.25) is 0 Å². The molecule has 3 aromatic rings. The second kappa shape index (κ2) is 9.28. The van der Waals surface area contributed by atoms with Crippen LogP contribution in [0.1, 0.15) is 34.8 Å². The molecule has 6 nitrogen and oxygen atoms in total. The fourth-order valence-electron chi connectivity index (χ4n) is 3.85. The number of benzene rings is 1. The molecule has 1 saturated heterocycles. The zero-order valence-corrected chi connectivity index (χ0v) is 17.7. The molecule has 1 amide bonds. The highest BCUT2D eigenvalue weighted by Gasteiger charge is 2.24. The van der Waals surface area contributed by atoms with Gasteiger partial charge in [-0.05, 0) is 67.2 Å². The summed E-state index contributed by atoms with van der Waals surface area (Å²) in [4.78, 5) is 31.4. The Morgan fingerprint density at radius 1 is 1.17 bits per heavy atom. The summed E-state index contributed by atoms with van der Waals surface area (Å²) in [5.41, 5.74) is 1.60. The summed E-state index contributed by atoms with van der Waals surface area (Å²) in [7, 11) is 1.65. The maximum absolute atomic E-state index is 12.7. The molecule has 2 N–H and O–H groups in total. The van der Waals surface area contributed by atoms with Crippen molar-refractivity contribution < 1.29 is 9.53 Å². The number of carbonyl (C=O) groups is 1. The number of hydrogen-bond acceptors (Lipinski definition) is 5. The van der Waals surface area contributed by atoms with Gasteiger partial charge in [0.25, 0.3) is 11.5 Å². The second-order valence-electron chi connectivity index (χ2n) is 7.33. The monoisotopic (exact) mass is 423 g/mol. The Morgan fingerprint density at radius 3 is 2.57 bits per heavy atom. The zero-order chi connectivity index (χ0) is 20.9. The van der Waals surface area contributed by atoms with Crippen molar-refractivity contribution in [3.05, 3.63) is 75.4 Å². The van der Waals surface area contributed by atoms with E-state index >= 15 is 0 Å². The number of carbonyl (C=O) groups excluding carboxylic acids is 1. The molecule has 3 heterocycles. The van der Waals surface area contributed by atoms with E-state index in [0.29, 0.717) is 6.54 Å². The van der Waals surface area contributed by atoms with Crippen LogP contribution >= 0.6 is 11.3 Å². The summed E-state index contributed by atoms with van der Waals surface area (Å²) in [6.45, 7) is 2.45. The van der Waals surface area contributed by atoms with E-state index < -0.39 is 0 Å². The van der Waals surface area contributed by atoms with Crippen molar-refractivity contribution in [2.24, 2.45) is 0 Å². The Balaban J connectivity index is 1.49. The quantitative estimate of drug-likeness (QED) is 0.608. The molecule has 4 rings (SSSR count). The zero-order valence-electron chi connectivity index (χ0n) is 16.9. The first-order valence-electron chi connectivity index (χ1n) is 10.1. The fraction of sp³-hybridized carbons (Fsp3) is 0.304. The third-order valence-electron chi connectivity index (χ3n) is 5.48. The molecule has 1 unspecified atom stereocenters. The molecule has 1 aliphatic heterocycles. The number of likely N-dealkylation sites (tertiary alicyclic amines) is 1. The van der Waals surface area contributed by atoms with Crippen molar-refractivity contribution in [2.45, 2.75) is 18.9 Å². The molecule has 0 spiro atoms. The number of rotatable bonds is 7. The Hall–Kier alpha value is -2.90. The minimum absolute atomic E-state index is 0.0619. The largest absolute Gasteiger partial charge is 0.497 e. The van der Waals surface area contributed by atoms with Gasteiger partial charge in [-0.3, -0.25) is 14.5 Å². The maximum Gasteiger partial charge on any atom is 0.261 e. The predicted octanol–water partition coefficient (Wildman–Crippen LogP) is 3.68. The van der Waals surface area contributed by atoms with Gasteiger partial charge in [0.1, 0.15) is 11.3 Å². The van der Waals surface area contributed by atoms with Crippen molar-refractivity contribution >= 4 is 17.2 Å². The highest BCUT2D eigenvalue weighted by Crippen LogP contribution is 2.26. The average Bonchev–Trinajstić information content (AvgIpc) is 3.49. The first-order valence-corrected chi connectivity index (χ1v) is 11.0. The molecule has 0 radical (unpaired) electrons. The average molecular weight is 424 g/mol. The molecule has 0 saturated carbocycles. The van der Waals surface area contributed by atoms with Gasteiger partial charge in [-0.2, -0.15) is 0 Å². The molecule has 1 atom stereocenters. The summed E-state index contributed by atoms with van der Waals surface area (Å²) >= 11 is 1.54. The highest BCUT2D eigenvalue weighted by atomic mass is 32.1. The highest BCUT2D eigenvalue weighted by molar-refractivity contribution is 7.13. The number of pyridine rings is 1. The van der Waals surface area contributed by atoms with E-state index in [9.17, 15) is 9.59 Å². The molecule has 30 heavy (non-hydrogen) atoms. The van der Waals surface area contributed by atoms with Crippen LogP contribution in [0.4, 0.5) is 0 Å². The molecule has 1 aromatic carbocycles. The van der Waals surface area contributed by atoms with Crippen molar-refractivity contribution in [1.29, 1.82) is 0 Å². The number of amides is 1. The number of nitrogens with one attached hydrogen (secondary N) is 2. The number of thiophene rings is 1. The Morgan fingerprint density at radius 2 is 1.93 bits per heavy atom. The molecular weight excluding hydrogens is 398 g/mol. The summed E-state index contributed by atoms with van der Waals surface area (Å²) in [6, 6.07) is 15.3. The number of nitrogens with zero attached hydrogens (tertiary/aromatic N) is 1. The minimum atomic E-state index is -0.374. The van der Waals surface area contributed by atoms with Gasteiger partial charge in [-0.15, -0.1) is 11.3 Å². The Kier molecular flexibility index (Phi) is 6.30. The molecular formula is C23H25N3O3S. The number of methoxy groups -OCH3 is 1. The van der Waals surface area contributed by atoms with Crippen LogP contribution in [0.2, 0.25) is 0 Å². The number of aromatic nitrogens is 1. The number of aromatic amines is 1. The SMILES string of the molecule is COc1ccc(C(CNC(=O)c2ccc(-c3cccs3)[nH]c2=O)N2CCCC2)cc1. The number of ether oxygens (including phenoxy) is 1. The van der Waals surface area contributed by atoms with Gasteiger partial charge in [-0.25, -0.2) is 0 Å². The lowest BCUT2D eigenvalue weighted by Gasteiger charge is -2.28. The summed E-state index contributed by atoms with van der Waals surface area (Å²) in [5.74, 6) is 0.451. The second-order valence-corrected chi connectivity index (χ2v) is 8.28. The minimum Gasteiger partial charge on any atom is -0.497 e. The Labute approximate surface area is 179 Å². The van der Waals surface area contributed by atoms with Crippen LogP contribution in [0.3, 0.4) is 0 Å². The van der Waals surface area contributed by atoms with Crippen LogP contribution in [-0.4, -0.2) is 42.5 Å². The number of H-pyrrole nitrogens is 1. The lowest BCUT2D eigenvalue weighted by atomic mass is 10.0. The van der Waals surface area contributed by atoms with Gasteiger partial charge in [0, 0.05) is 6.54 Å². The number of hydrogen-bond donors (Lipinski definition) is 2. The van der Waals surface area contributed by atoms with Crippen LogP contribution in [0, 0.1) is 0 Å². The van der Waals surface area contributed by atoms with E-state index in [0.717, 1.165) is 47.8 Å². The van der Waals surface area contributed by atoms with Crippen LogP contribution in [0.25, 0.3) is 10.6 Å². The van der Waals surface area contributed by atoms with Crippen molar-refractivity contribution in [3.63, 3.8) is 0 Å². The first-order chi connectivity index (χ1) is 14.7. The third kappa shape index (κ3) is 4.47. The summed E-state index contributed by atoms with van der Waals surface area (Å²) in [6.07, 6.45) is 2.31. The standard InChI is InChI=1S/C23H25N3O3S/c1-29-17-8-6-16(7-9-17)20(26-12-2-3-13-26)15-24-22(27)18-10-11-19(25-23(18)28)21-5-4-14-30-21/h4-11,14,20H,2-3,12-13,15H2,1H3,(H,24,27)(H,25,28). The molecule has 0 aliphatic carbocycles. The van der Waals surface area contributed by atoms with E-state index in [1.807, 2.05) is 41.8 Å². The van der Waals surface area contributed by atoms with E-state index in [1.165, 1.54) is 0 Å². The van der Waals surface area contributed by atoms with E-state index in [4.69, 9.17) is 4.74 Å². The summed E-state index contributed by atoms with van der Waals surface area (Å²) < 4.78 is 5.26. The van der Waals surface area contributed by atoms with E-state index in [-0.39, 0.29) is 23.1 Å². The molecule has 1 fully saturated rings. The molecule has 7 heteroatoms. The van der Waals surface area contributed by atoms with E-state index in [1.54, 1.807) is 30.6 Å². The van der Waals surface area contributed by atoms with Crippen LogP contribution in [0.5, 0.6) is 5.75 Å². The lowest BCUT2D eigenvalue weighted by Crippen LogP contribution is -2.38. The van der Waals surface area contributed by atoms with Crippen molar-refractivity contribution in [2.75, 3.05) is 26.7 Å². The van der Waals surface area contributed by atoms with Gasteiger partial charge in [-0.1, -0.05) is 18.2 Å². The molecule has 1 aliphatic rings.